The zero-order valence-electron chi connectivity index (χ0n) is 11.5. The van der Waals surface area contributed by atoms with E-state index in [2.05, 4.69) is 4.72 Å². The van der Waals surface area contributed by atoms with E-state index in [0.29, 0.717) is 17.5 Å². The molecule has 0 fully saturated rings. The predicted octanol–water partition coefficient (Wildman–Crippen LogP) is 1.13. The zero-order chi connectivity index (χ0) is 15.2. The maximum absolute atomic E-state index is 11.9. The predicted molar refractivity (Wildman–Crippen MR) is 79.9 cm³/mol. The normalized spacial score (nSPS) is 14.4. The first-order valence-electron chi connectivity index (χ1n) is 6.13. The minimum Gasteiger partial charge on any atom is -0.260 e. The summed E-state index contributed by atoms with van der Waals surface area (Å²) < 4.78 is 37.5. The molecule has 1 N–H and O–H groups in total. The van der Waals surface area contributed by atoms with Crippen LogP contribution in [0.15, 0.2) is 24.3 Å². The summed E-state index contributed by atoms with van der Waals surface area (Å²) in [7, 11) is -4.45. The van der Waals surface area contributed by atoms with Gasteiger partial charge in [-0.1, -0.05) is 25.1 Å². The number of hydrogen-bond donors (Lipinski definition) is 1. The first kappa shape index (κ1) is 16.8. The third-order valence-electron chi connectivity index (χ3n) is 2.92. The Morgan fingerprint density at radius 1 is 1.40 bits per heavy atom. The van der Waals surface area contributed by atoms with Crippen LogP contribution >= 0.6 is 0 Å². The van der Waals surface area contributed by atoms with Gasteiger partial charge in [-0.05, 0) is 18.1 Å². The van der Waals surface area contributed by atoms with Crippen molar-refractivity contribution in [3.05, 3.63) is 35.4 Å². The van der Waals surface area contributed by atoms with Crippen molar-refractivity contribution in [2.75, 3.05) is 12.8 Å². The fraction of sp³-hybridized carbons (Fsp3) is 0.462. The average molecular weight is 314 g/mol. The van der Waals surface area contributed by atoms with E-state index >= 15 is 0 Å². The molecule has 0 saturated heterocycles. The van der Waals surface area contributed by atoms with Crippen molar-refractivity contribution in [1.29, 1.82) is 5.26 Å². The maximum Gasteiger partial charge on any atom is 0.215 e. The van der Waals surface area contributed by atoms with Gasteiger partial charge in [-0.2, -0.15) is 5.26 Å². The molecule has 0 aromatic heterocycles. The lowest BCUT2D eigenvalue weighted by Gasteiger charge is -2.10. The molecule has 2 unspecified atom stereocenters. The number of nitrogens with zero attached hydrogens (tertiary/aromatic N) is 1. The lowest BCUT2D eigenvalue weighted by atomic mass is 10.1. The van der Waals surface area contributed by atoms with Crippen molar-refractivity contribution in [3.8, 4) is 6.07 Å². The summed E-state index contributed by atoms with van der Waals surface area (Å²) in [6.45, 7) is 2.06. The maximum atomic E-state index is 11.9. The quantitative estimate of drug-likeness (QED) is 0.817. The smallest absolute Gasteiger partial charge is 0.215 e. The SMILES string of the molecule is CC(CCNS(=O)(=O)Cc1ccccc1C#N)S(C)=O. The van der Waals surface area contributed by atoms with Crippen LogP contribution in [0.3, 0.4) is 0 Å². The van der Waals surface area contributed by atoms with Crippen molar-refractivity contribution in [3.63, 3.8) is 0 Å². The highest BCUT2D eigenvalue weighted by Gasteiger charge is 2.14. The third kappa shape index (κ3) is 5.41. The number of rotatable bonds is 7. The monoisotopic (exact) mass is 314 g/mol. The van der Waals surface area contributed by atoms with Gasteiger partial charge in [0.05, 0.1) is 17.4 Å². The van der Waals surface area contributed by atoms with E-state index in [1.54, 1.807) is 30.5 Å². The van der Waals surface area contributed by atoms with Crippen LogP contribution in [0.1, 0.15) is 24.5 Å². The van der Waals surface area contributed by atoms with Crippen molar-refractivity contribution in [1.82, 2.24) is 4.72 Å². The van der Waals surface area contributed by atoms with Crippen LogP contribution in [0, 0.1) is 11.3 Å². The number of sulfonamides is 1. The summed E-state index contributed by atoms with van der Waals surface area (Å²) in [5.41, 5.74) is 0.843. The van der Waals surface area contributed by atoms with E-state index in [9.17, 15) is 12.6 Å². The number of nitriles is 1. The minimum absolute atomic E-state index is 0.0518. The van der Waals surface area contributed by atoms with E-state index in [0.717, 1.165) is 0 Å². The first-order valence-corrected chi connectivity index (χ1v) is 9.40. The Bertz CT molecular complexity index is 621. The molecule has 0 spiro atoms. The van der Waals surface area contributed by atoms with E-state index in [1.165, 1.54) is 0 Å². The Morgan fingerprint density at radius 2 is 2.05 bits per heavy atom. The van der Waals surface area contributed by atoms with Gasteiger partial charge in [0.15, 0.2) is 0 Å². The molecular formula is C13H18N2O3S2. The molecule has 110 valence electrons. The van der Waals surface area contributed by atoms with Gasteiger partial charge >= 0.3 is 0 Å². The lowest BCUT2D eigenvalue weighted by Crippen LogP contribution is -2.29. The first-order chi connectivity index (χ1) is 9.35. The van der Waals surface area contributed by atoms with Crippen LogP contribution in [-0.4, -0.2) is 30.7 Å². The summed E-state index contributed by atoms with van der Waals surface area (Å²) in [4.78, 5) is 0. The lowest BCUT2D eigenvalue weighted by molar-refractivity contribution is 0.577. The highest BCUT2D eigenvalue weighted by molar-refractivity contribution is 7.88. The molecule has 0 aliphatic carbocycles. The Kier molecular flexibility index (Phi) is 6.33. The summed E-state index contributed by atoms with van der Waals surface area (Å²) in [5.74, 6) is -0.222. The highest BCUT2D eigenvalue weighted by atomic mass is 32.2. The number of benzene rings is 1. The van der Waals surface area contributed by atoms with Crippen molar-refractivity contribution in [2.45, 2.75) is 24.3 Å². The van der Waals surface area contributed by atoms with E-state index in [1.807, 2.05) is 13.0 Å². The van der Waals surface area contributed by atoms with Gasteiger partial charge in [-0.25, -0.2) is 13.1 Å². The highest BCUT2D eigenvalue weighted by Crippen LogP contribution is 2.11. The zero-order valence-corrected chi connectivity index (χ0v) is 13.1. The largest absolute Gasteiger partial charge is 0.260 e. The Labute approximate surface area is 122 Å². The molecule has 20 heavy (non-hydrogen) atoms. The molecule has 5 nitrogen and oxygen atoms in total. The summed E-state index contributed by atoms with van der Waals surface area (Å²) in [5, 5.41) is 8.87. The van der Waals surface area contributed by atoms with Crippen LogP contribution < -0.4 is 4.72 Å². The van der Waals surface area contributed by atoms with Crippen LogP contribution in [0.2, 0.25) is 0 Å². The van der Waals surface area contributed by atoms with Gasteiger partial charge in [0.2, 0.25) is 10.0 Å². The molecule has 7 heteroatoms. The summed E-state index contributed by atoms with van der Waals surface area (Å²) in [6, 6.07) is 8.59. The van der Waals surface area contributed by atoms with Gasteiger partial charge < -0.3 is 0 Å². The van der Waals surface area contributed by atoms with Crippen LogP contribution in [-0.2, 0) is 26.6 Å². The number of hydrogen-bond acceptors (Lipinski definition) is 4. The summed E-state index contributed by atoms with van der Waals surface area (Å²) >= 11 is 0. The second-order valence-corrected chi connectivity index (χ2v) is 8.13. The van der Waals surface area contributed by atoms with Gasteiger partial charge in [0, 0.05) is 28.9 Å². The van der Waals surface area contributed by atoms with Crippen molar-refractivity contribution < 1.29 is 12.6 Å². The average Bonchev–Trinajstić information content (AvgIpc) is 2.38. The van der Waals surface area contributed by atoms with E-state index in [-0.39, 0.29) is 17.5 Å². The summed E-state index contributed by atoms with van der Waals surface area (Å²) in [6.07, 6.45) is 2.12. The Morgan fingerprint density at radius 3 is 2.65 bits per heavy atom. The van der Waals surface area contributed by atoms with Crippen molar-refractivity contribution >= 4 is 20.8 Å². The molecule has 1 aromatic carbocycles. The van der Waals surface area contributed by atoms with Gasteiger partial charge in [-0.3, -0.25) is 4.21 Å². The molecular weight excluding hydrogens is 296 g/mol. The second-order valence-electron chi connectivity index (χ2n) is 4.52. The second kappa shape index (κ2) is 7.53. The van der Waals surface area contributed by atoms with Crippen molar-refractivity contribution in [2.24, 2.45) is 0 Å². The van der Waals surface area contributed by atoms with Crippen LogP contribution in [0.4, 0.5) is 0 Å². The molecule has 0 bridgehead atoms. The van der Waals surface area contributed by atoms with Gasteiger partial charge in [0.25, 0.3) is 0 Å². The fourth-order valence-electron chi connectivity index (χ4n) is 1.59. The molecule has 0 saturated carbocycles. The van der Waals surface area contributed by atoms with Gasteiger partial charge in [0.1, 0.15) is 0 Å². The standard InChI is InChI=1S/C13H18N2O3S2/c1-11(19(2)16)7-8-15-20(17,18)10-13-6-4-3-5-12(13)9-14/h3-6,11,15H,7-8,10H2,1-2H3. The molecule has 0 aliphatic rings. The molecule has 0 aliphatic heterocycles. The fourth-order valence-corrected chi connectivity index (χ4v) is 3.24. The molecule has 0 radical (unpaired) electrons. The van der Waals surface area contributed by atoms with Crippen LogP contribution in [0.5, 0.6) is 0 Å². The van der Waals surface area contributed by atoms with Crippen LogP contribution in [0.25, 0.3) is 0 Å². The molecule has 1 aromatic rings. The molecule has 0 amide bonds. The Balaban J connectivity index is 2.62. The molecule has 0 heterocycles. The minimum atomic E-state index is -3.49. The van der Waals surface area contributed by atoms with E-state index in [4.69, 9.17) is 5.26 Å². The molecule has 2 atom stereocenters. The topological polar surface area (TPSA) is 87.0 Å². The van der Waals surface area contributed by atoms with Gasteiger partial charge in [-0.15, -0.1) is 0 Å². The number of nitrogens with one attached hydrogen (secondary N) is 1. The third-order valence-corrected chi connectivity index (χ3v) is 5.63. The molecule has 1 rings (SSSR count). The van der Waals surface area contributed by atoms with E-state index < -0.39 is 20.8 Å². The Hall–Kier alpha value is -1.23.